The van der Waals surface area contributed by atoms with Gasteiger partial charge in [0.2, 0.25) is 5.91 Å². The van der Waals surface area contributed by atoms with Crippen molar-refractivity contribution >= 4 is 5.91 Å². The van der Waals surface area contributed by atoms with Gasteiger partial charge in [-0.05, 0) is 70.6 Å². The van der Waals surface area contributed by atoms with E-state index in [1.54, 1.807) is 6.08 Å². The van der Waals surface area contributed by atoms with Gasteiger partial charge in [0.05, 0.1) is 38.6 Å². The molecule has 110 heavy (non-hydrogen) atoms. The third-order valence-corrected chi connectivity index (χ3v) is 22.8. The molecule has 646 valence electrons. The summed E-state index contributed by atoms with van der Waals surface area (Å²) in [6, 6.07) is -0.999. The molecule has 19 heteroatoms. The van der Waals surface area contributed by atoms with E-state index in [9.17, 15) is 61.0 Å². The Morgan fingerprint density at radius 2 is 0.582 bits per heavy atom. The second-order valence-corrected chi connectivity index (χ2v) is 32.7. The minimum absolute atomic E-state index is 0.235. The molecule has 0 aromatic rings. The van der Waals surface area contributed by atoms with E-state index in [4.69, 9.17) is 28.4 Å². The first kappa shape index (κ1) is 102. The van der Waals surface area contributed by atoms with Crippen LogP contribution in [0.25, 0.3) is 0 Å². The summed E-state index contributed by atoms with van der Waals surface area (Å²) in [4.78, 5) is 13.5. The molecule has 3 saturated heterocycles. The highest BCUT2D eigenvalue weighted by atomic mass is 16.8. The Morgan fingerprint density at radius 1 is 0.318 bits per heavy atom. The average Bonchev–Trinajstić information content (AvgIpc) is 0.780. The van der Waals surface area contributed by atoms with E-state index in [0.717, 1.165) is 44.9 Å². The topological polar surface area (TPSA) is 307 Å². The summed E-state index contributed by atoms with van der Waals surface area (Å²) in [7, 11) is 0. The van der Waals surface area contributed by atoms with Crippen molar-refractivity contribution in [2.45, 2.75) is 497 Å². The number of aliphatic hydroxyl groups excluding tert-OH is 11. The van der Waals surface area contributed by atoms with Crippen LogP contribution in [0.1, 0.15) is 393 Å². The molecule has 0 aromatic carbocycles. The minimum atomic E-state index is -1.98. The highest BCUT2D eigenvalue weighted by molar-refractivity contribution is 5.76. The molecule has 17 unspecified atom stereocenters. The normalized spacial score (nSPS) is 25.3. The molecule has 0 aromatic heterocycles. The fraction of sp³-hybridized carbons (Fsp3) is 0.901. The van der Waals surface area contributed by atoms with E-state index >= 15 is 0 Å². The lowest BCUT2D eigenvalue weighted by molar-refractivity contribution is -0.379. The van der Waals surface area contributed by atoms with Crippen molar-refractivity contribution in [3.63, 3.8) is 0 Å². The van der Waals surface area contributed by atoms with Gasteiger partial charge in [0, 0.05) is 6.42 Å². The van der Waals surface area contributed by atoms with E-state index in [0.29, 0.717) is 12.8 Å². The summed E-state index contributed by atoms with van der Waals surface area (Å²) in [6.45, 7) is 1.78. The Morgan fingerprint density at radius 3 is 0.909 bits per heavy atom. The van der Waals surface area contributed by atoms with Crippen LogP contribution >= 0.6 is 0 Å². The molecule has 0 radical (unpaired) electrons. The molecule has 3 rings (SSSR count). The predicted octanol–water partition coefficient (Wildman–Crippen LogP) is 17.6. The standard InChI is InChI=1S/C91H169NO18/c1-3-5-7-9-11-13-15-17-19-21-23-25-27-29-31-33-35-37-39-41-43-45-47-49-51-53-55-57-59-61-63-65-67-69-79(97)92-74(75(96)68-66-64-62-60-58-56-54-52-50-48-46-44-42-40-38-36-34-32-30-28-26-24-22-20-18-16-14-12-10-8-6-4-2)73-105-89-85(103)82(100)87(77(71-94)107-89)110-91-86(104)83(101)88(78(72-95)108-91)109-90-84(102)81(99)80(98)76(70-93)106-90/h21,23,50,52,58,60,66,68,74-78,80-91,93-96,98-104H,3-20,22,24-49,51,53-57,59,61-65,67,69-73H2,1-2H3,(H,92,97)/b23-21-,52-50+,60-58+,68-66+. The van der Waals surface area contributed by atoms with Crippen LogP contribution < -0.4 is 5.32 Å². The number of carbonyl (C=O) groups is 1. The molecular formula is C91H169NO18. The second-order valence-electron chi connectivity index (χ2n) is 32.7. The smallest absolute Gasteiger partial charge is 0.220 e. The minimum Gasteiger partial charge on any atom is -0.394 e. The number of allylic oxidation sites excluding steroid dienone is 7. The first-order valence-electron chi connectivity index (χ1n) is 45.9. The zero-order valence-electron chi connectivity index (χ0n) is 69.8. The van der Waals surface area contributed by atoms with Crippen molar-refractivity contribution in [3.8, 4) is 0 Å². The molecular weight excluding hydrogens is 1390 g/mol. The lowest BCUT2D eigenvalue weighted by atomic mass is 9.96. The van der Waals surface area contributed by atoms with Gasteiger partial charge in [0.25, 0.3) is 0 Å². The van der Waals surface area contributed by atoms with Crippen LogP contribution in [0.4, 0.5) is 0 Å². The number of amides is 1. The third kappa shape index (κ3) is 49.1. The number of unbranched alkanes of at least 4 members (excludes halogenated alkanes) is 53. The predicted molar refractivity (Wildman–Crippen MR) is 443 cm³/mol. The number of nitrogens with one attached hydrogen (secondary N) is 1. The van der Waals surface area contributed by atoms with Crippen molar-refractivity contribution in [2.75, 3.05) is 26.4 Å². The quantitative estimate of drug-likeness (QED) is 0.0199. The van der Waals surface area contributed by atoms with E-state index in [-0.39, 0.29) is 18.9 Å². The molecule has 0 saturated carbocycles. The largest absolute Gasteiger partial charge is 0.394 e. The maximum atomic E-state index is 13.5. The van der Waals surface area contributed by atoms with Gasteiger partial charge in [-0.1, -0.05) is 364 Å². The lowest BCUT2D eigenvalue weighted by Gasteiger charge is -2.48. The van der Waals surface area contributed by atoms with E-state index in [1.807, 2.05) is 6.08 Å². The molecule has 19 nitrogen and oxygen atoms in total. The molecule has 3 fully saturated rings. The Balaban J connectivity index is 1.34. The summed E-state index contributed by atoms with van der Waals surface area (Å²) in [6.07, 6.45) is 65.7. The van der Waals surface area contributed by atoms with Crippen LogP contribution in [0.3, 0.4) is 0 Å². The molecule has 17 atom stereocenters. The zero-order valence-corrected chi connectivity index (χ0v) is 69.8. The Labute approximate surface area is 669 Å². The number of hydrogen-bond donors (Lipinski definition) is 12. The van der Waals surface area contributed by atoms with E-state index < -0.39 is 124 Å². The van der Waals surface area contributed by atoms with Gasteiger partial charge in [-0.25, -0.2) is 0 Å². The van der Waals surface area contributed by atoms with Crippen LogP contribution in [-0.4, -0.2) is 193 Å². The fourth-order valence-corrected chi connectivity index (χ4v) is 15.5. The van der Waals surface area contributed by atoms with Gasteiger partial charge < -0.3 is 89.9 Å². The van der Waals surface area contributed by atoms with Crippen LogP contribution in [0.15, 0.2) is 48.6 Å². The highest BCUT2D eigenvalue weighted by Gasteiger charge is 2.54. The SMILES string of the molecule is CCCCCCCCCC/C=C\CCCCCCCCCCCCCCCCCCCCCCCC(=O)NC(COC1OC(CO)C(OC2OC(CO)C(OC3OC(CO)C(O)C(O)C3O)C(O)C2O)C(O)C1O)C(O)/C=C/CC/C=C/CC/C=C/CCCCCCCCCCCCCCCCCCCCCCCC. The van der Waals surface area contributed by atoms with Crippen molar-refractivity contribution in [1.29, 1.82) is 0 Å². The monoisotopic (exact) mass is 1560 g/mol. The van der Waals surface area contributed by atoms with Crippen LogP contribution in [0, 0.1) is 0 Å². The number of hydrogen-bond acceptors (Lipinski definition) is 18. The summed E-state index contributed by atoms with van der Waals surface area (Å²) in [5, 5.41) is 121. The number of ether oxygens (including phenoxy) is 6. The lowest BCUT2D eigenvalue weighted by Crippen LogP contribution is -2.66. The van der Waals surface area contributed by atoms with Gasteiger partial charge in [-0.3, -0.25) is 4.79 Å². The number of rotatable bonds is 75. The molecule has 3 heterocycles. The molecule has 0 aliphatic carbocycles. The maximum Gasteiger partial charge on any atom is 0.220 e. The maximum absolute atomic E-state index is 13.5. The van der Waals surface area contributed by atoms with Crippen molar-refractivity contribution in [2.24, 2.45) is 0 Å². The first-order valence-corrected chi connectivity index (χ1v) is 45.9. The summed E-state index contributed by atoms with van der Waals surface area (Å²) < 4.78 is 34.5. The van der Waals surface area contributed by atoms with Crippen molar-refractivity contribution in [1.82, 2.24) is 5.32 Å². The van der Waals surface area contributed by atoms with Crippen molar-refractivity contribution < 1.29 is 89.4 Å². The Hall–Kier alpha value is -2.25. The van der Waals surface area contributed by atoms with Crippen LogP contribution in [0.2, 0.25) is 0 Å². The van der Waals surface area contributed by atoms with Gasteiger partial charge in [-0.15, -0.1) is 0 Å². The highest BCUT2D eigenvalue weighted by Crippen LogP contribution is 2.34. The fourth-order valence-electron chi connectivity index (χ4n) is 15.5. The Kier molecular flexibility index (Phi) is 65.7. The summed E-state index contributed by atoms with van der Waals surface area (Å²) >= 11 is 0. The van der Waals surface area contributed by atoms with Gasteiger partial charge in [-0.2, -0.15) is 0 Å². The van der Waals surface area contributed by atoms with E-state index in [1.165, 1.54) is 315 Å². The summed E-state index contributed by atoms with van der Waals surface area (Å²) in [5.41, 5.74) is 0. The molecule has 12 N–H and O–H groups in total. The Bertz CT molecular complexity index is 2170. The molecule has 1 amide bonds. The van der Waals surface area contributed by atoms with Gasteiger partial charge in [0.15, 0.2) is 18.9 Å². The van der Waals surface area contributed by atoms with Crippen LogP contribution in [0.5, 0.6) is 0 Å². The van der Waals surface area contributed by atoms with Crippen LogP contribution in [-0.2, 0) is 33.2 Å². The molecule has 3 aliphatic heterocycles. The molecule has 0 spiro atoms. The average molecular weight is 1570 g/mol. The molecule has 3 aliphatic rings. The molecule has 0 bridgehead atoms. The van der Waals surface area contributed by atoms with E-state index in [2.05, 4.69) is 55.6 Å². The first-order chi connectivity index (χ1) is 53.8. The van der Waals surface area contributed by atoms with Crippen molar-refractivity contribution in [3.05, 3.63) is 48.6 Å². The number of carbonyl (C=O) groups excluding carboxylic acids is 1. The van der Waals surface area contributed by atoms with Gasteiger partial charge in [0.1, 0.15) is 73.2 Å². The van der Waals surface area contributed by atoms with Gasteiger partial charge >= 0.3 is 0 Å². The summed E-state index contributed by atoms with van der Waals surface area (Å²) in [5.74, 6) is -0.282. The second kappa shape index (κ2) is 70.9. The zero-order chi connectivity index (χ0) is 79.5. The third-order valence-electron chi connectivity index (χ3n) is 22.8. The number of aliphatic hydroxyl groups is 11.